The van der Waals surface area contributed by atoms with Gasteiger partial charge in [0.05, 0.1) is 5.75 Å². The van der Waals surface area contributed by atoms with Gasteiger partial charge in [-0.15, -0.1) is 0 Å². The summed E-state index contributed by atoms with van der Waals surface area (Å²) in [5.74, 6) is -2.57. The number of rotatable bonds is 7. The number of sulfonamides is 1. The molecule has 28 heavy (non-hydrogen) atoms. The van der Waals surface area contributed by atoms with Gasteiger partial charge in [0.15, 0.2) is 0 Å². The Morgan fingerprint density at radius 1 is 1.04 bits per heavy atom. The highest BCUT2D eigenvalue weighted by atomic mass is 32.2. The first-order valence-electron chi connectivity index (χ1n) is 7.29. The van der Waals surface area contributed by atoms with Gasteiger partial charge in [0.1, 0.15) is 5.75 Å². The fraction of sp³-hybridized carbons (Fsp3) is 0.400. The monoisotopic (exact) mass is 437 g/mol. The van der Waals surface area contributed by atoms with E-state index in [-0.39, 0.29) is 17.0 Å². The maximum absolute atomic E-state index is 13.5. The van der Waals surface area contributed by atoms with Crippen LogP contribution >= 0.6 is 0 Å². The van der Waals surface area contributed by atoms with Crippen LogP contribution in [0.25, 0.3) is 0 Å². The molecule has 5 nitrogen and oxygen atoms in total. The predicted octanol–water partition coefficient (Wildman–Crippen LogP) is 4.13. The average molecular weight is 437 g/mol. The lowest BCUT2D eigenvalue weighted by molar-refractivity contribution is -0.341. The number of anilines is 1. The number of carbonyl (C=O) groups excluding carboxylic acids is 1. The van der Waals surface area contributed by atoms with Crippen LogP contribution in [-0.4, -0.2) is 38.2 Å². The largest absolute Gasteiger partial charge is 0.431 e. The summed E-state index contributed by atoms with van der Waals surface area (Å²) < 4.78 is 118. The van der Waals surface area contributed by atoms with Gasteiger partial charge < -0.3 is 4.74 Å². The summed E-state index contributed by atoms with van der Waals surface area (Å²) in [4.78, 5) is 11.3. The second kappa shape index (κ2) is 7.97. The molecule has 0 unspecified atom stereocenters. The summed E-state index contributed by atoms with van der Waals surface area (Å²) >= 11 is 0. The Bertz CT molecular complexity index is 815. The number of benzene rings is 1. The zero-order valence-electron chi connectivity index (χ0n) is 14.1. The number of hydrogen-bond acceptors (Lipinski definition) is 4. The standard InChI is InChI=1S/C15H14F7NO4S/c1-9(2)12(24)27-11-5-3-10(4-6-11)23-28(25,26)8-7-13(16,14(17,18)19)15(20,21)22/h3-6,23H,1,7-8H2,2H3. The van der Waals surface area contributed by atoms with E-state index in [4.69, 9.17) is 4.74 Å². The van der Waals surface area contributed by atoms with Crippen molar-refractivity contribution in [2.75, 3.05) is 10.5 Å². The molecule has 0 saturated carbocycles. The molecule has 1 aromatic rings. The van der Waals surface area contributed by atoms with Gasteiger partial charge in [-0.25, -0.2) is 17.6 Å². The minimum absolute atomic E-state index is 0.0205. The molecular formula is C15H14F7NO4S. The van der Waals surface area contributed by atoms with Crippen molar-refractivity contribution >= 4 is 21.7 Å². The minimum Gasteiger partial charge on any atom is -0.423 e. The number of ether oxygens (including phenoxy) is 1. The van der Waals surface area contributed by atoms with Gasteiger partial charge in [0.2, 0.25) is 10.0 Å². The van der Waals surface area contributed by atoms with Gasteiger partial charge in [0.25, 0.3) is 5.67 Å². The molecule has 0 amide bonds. The molecule has 0 radical (unpaired) electrons. The molecule has 0 atom stereocenters. The summed E-state index contributed by atoms with van der Waals surface area (Å²) in [6, 6.07) is 4.30. The normalized spacial score (nSPS) is 13.1. The number of carbonyl (C=O) groups is 1. The van der Waals surface area contributed by atoms with Crippen LogP contribution in [0.4, 0.5) is 36.4 Å². The molecule has 0 aliphatic rings. The Morgan fingerprint density at radius 3 is 1.89 bits per heavy atom. The molecule has 0 fully saturated rings. The summed E-state index contributed by atoms with van der Waals surface area (Å²) in [7, 11) is -4.75. The fourth-order valence-electron chi connectivity index (χ4n) is 1.73. The molecule has 1 N–H and O–H groups in total. The highest BCUT2D eigenvalue weighted by Crippen LogP contribution is 2.48. The zero-order valence-corrected chi connectivity index (χ0v) is 14.9. The van der Waals surface area contributed by atoms with Gasteiger partial charge in [-0.2, -0.15) is 26.3 Å². The maximum Gasteiger partial charge on any atom is 0.431 e. The lowest BCUT2D eigenvalue weighted by Crippen LogP contribution is -2.54. The molecule has 158 valence electrons. The molecule has 0 heterocycles. The molecule has 0 aromatic heterocycles. The topological polar surface area (TPSA) is 72.5 Å². The Balaban J connectivity index is 2.86. The van der Waals surface area contributed by atoms with Gasteiger partial charge in [-0.1, -0.05) is 6.58 Å². The van der Waals surface area contributed by atoms with Crippen LogP contribution in [0.15, 0.2) is 36.4 Å². The van der Waals surface area contributed by atoms with Crippen LogP contribution in [0.5, 0.6) is 5.75 Å². The molecule has 0 aliphatic carbocycles. The van der Waals surface area contributed by atoms with Crippen molar-refractivity contribution in [3.8, 4) is 5.75 Å². The first kappa shape index (κ1) is 23.7. The van der Waals surface area contributed by atoms with Crippen molar-refractivity contribution in [2.45, 2.75) is 31.4 Å². The van der Waals surface area contributed by atoms with E-state index in [1.54, 1.807) is 4.72 Å². The van der Waals surface area contributed by atoms with Gasteiger partial charge in [-0.3, -0.25) is 4.72 Å². The fourth-order valence-corrected chi connectivity index (χ4v) is 2.88. The third kappa shape index (κ3) is 5.84. The van der Waals surface area contributed by atoms with E-state index in [1.807, 2.05) is 0 Å². The van der Waals surface area contributed by atoms with Crippen molar-refractivity contribution in [2.24, 2.45) is 0 Å². The van der Waals surface area contributed by atoms with E-state index in [0.717, 1.165) is 24.3 Å². The van der Waals surface area contributed by atoms with Crippen molar-refractivity contribution < 1.29 is 48.7 Å². The summed E-state index contributed by atoms with van der Waals surface area (Å²) in [6.07, 6.45) is -15.0. The van der Waals surface area contributed by atoms with E-state index in [0.29, 0.717) is 0 Å². The first-order chi connectivity index (χ1) is 12.5. The Morgan fingerprint density at radius 2 is 1.50 bits per heavy atom. The third-order valence-electron chi connectivity index (χ3n) is 3.30. The smallest absolute Gasteiger partial charge is 0.423 e. The summed E-state index contributed by atoms with van der Waals surface area (Å²) in [6.45, 7) is 4.71. The van der Waals surface area contributed by atoms with E-state index in [9.17, 15) is 43.9 Å². The zero-order chi connectivity index (χ0) is 22.0. The minimum atomic E-state index is -6.34. The molecular weight excluding hydrogens is 423 g/mol. The molecule has 0 bridgehead atoms. The average Bonchev–Trinajstić information content (AvgIpc) is 2.52. The lowest BCUT2D eigenvalue weighted by Gasteiger charge is -2.29. The number of hydrogen-bond donors (Lipinski definition) is 1. The second-order valence-electron chi connectivity index (χ2n) is 5.66. The van der Waals surface area contributed by atoms with Gasteiger partial charge in [-0.05, 0) is 31.2 Å². The molecule has 0 spiro atoms. The number of nitrogens with one attached hydrogen (secondary N) is 1. The van der Waals surface area contributed by atoms with Crippen LogP contribution < -0.4 is 9.46 Å². The second-order valence-corrected chi connectivity index (χ2v) is 7.50. The van der Waals surface area contributed by atoms with E-state index < -0.39 is 46.2 Å². The SMILES string of the molecule is C=C(C)C(=O)Oc1ccc(NS(=O)(=O)CCC(F)(C(F)(F)F)C(F)(F)F)cc1. The van der Waals surface area contributed by atoms with E-state index in [2.05, 4.69) is 6.58 Å². The first-order valence-corrected chi connectivity index (χ1v) is 8.94. The Hall–Kier alpha value is -2.31. The Kier molecular flexibility index (Phi) is 6.76. The van der Waals surface area contributed by atoms with E-state index in [1.165, 1.54) is 6.92 Å². The number of alkyl halides is 7. The van der Waals surface area contributed by atoms with Crippen molar-refractivity contribution in [3.63, 3.8) is 0 Å². The van der Waals surface area contributed by atoms with Crippen molar-refractivity contribution in [3.05, 3.63) is 36.4 Å². The quantitative estimate of drug-likeness (QED) is 0.301. The van der Waals surface area contributed by atoms with Gasteiger partial charge >= 0.3 is 18.3 Å². The van der Waals surface area contributed by atoms with Crippen LogP contribution in [0.2, 0.25) is 0 Å². The molecule has 1 rings (SSSR count). The van der Waals surface area contributed by atoms with Gasteiger partial charge in [0, 0.05) is 17.7 Å². The molecule has 1 aromatic carbocycles. The highest BCUT2D eigenvalue weighted by Gasteiger charge is 2.72. The maximum atomic E-state index is 13.5. The number of halogens is 7. The van der Waals surface area contributed by atoms with Crippen LogP contribution in [-0.2, 0) is 14.8 Å². The van der Waals surface area contributed by atoms with Crippen LogP contribution in [0.1, 0.15) is 13.3 Å². The molecule has 0 saturated heterocycles. The van der Waals surface area contributed by atoms with E-state index >= 15 is 0 Å². The predicted molar refractivity (Wildman–Crippen MR) is 84.9 cm³/mol. The summed E-state index contributed by atoms with van der Waals surface area (Å²) in [5.41, 5.74) is -5.84. The Labute approximate surface area is 155 Å². The third-order valence-corrected chi connectivity index (χ3v) is 4.59. The highest BCUT2D eigenvalue weighted by molar-refractivity contribution is 7.92. The van der Waals surface area contributed by atoms with Crippen molar-refractivity contribution in [1.82, 2.24) is 0 Å². The van der Waals surface area contributed by atoms with Crippen LogP contribution in [0, 0.1) is 0 Å². The lowest BCUT2D eigenvalue weighted by atomic mass is 10.0. The van der Waals surface area contributed by atoms with Crippen LogP contribution in [0.3, 0.4) is 0 Å². The molecule has 0 aliphatic heterocycles. The summed E-state index contributed by atoms with van der Waals surface area (Å²) in [5, 5.41) is 0. The number of esters is 1. The molecule has 13 heteroatoms. The van der Waals surface area contributed by atoms with Crippen molar-refractivity contribution in [1.29, 1.82) is 0 Å².